The van der Waals surface area contributed by atoms with Gasteiger partial charge in [0.05, 0.1) is 4.90 Å². The number of nitrogens with zero attached hydrogens (tertiary/aromatic N) is 1. The first-order chi connectivity index (χ1) is 11.8. The normalized spacial score (nSPS) is 17.9. The van der Waals surface area contributed by atoms with Gasteiger partial charge in [-0.05, 0) is 58.3 Å². The molecule has 0 atom stereocenters. The Morgan fingerprint density at radius 2 is 1.64 bits per heavy atom. The number of hydrogen-bond donors (Lipinski definition) is 2. The van der Waals surface area contributed by atoms with Gasteiger partial charge in [0.1, 0.15) is 0 Å². The van der Waals surface area contributed by atoms with E-state index in [0.29, 0.717) is 12.1 Å². The zero-order valence-electron chi connectivity index (χ0n) is 15.3. The molecule has 2 rings (SSSR count). The number of likely N-dealkylation sites (N-methyl/N-ethyl adjacent to an activating group) is 1. The highest BCUT2D eigenvalue weighted by Gasteiger charge is 2.33. The van der Waals surface area contributed by atoms with E-state index < -0.39 is 10.0 Å². The molecule has 1 aromatic rings. The van der Waals surface area contributed by atoms with Crippen LogP contribution in [0.2, 0.25) is 0 Å². The molecular weight excluding hydrogens is 338 g/mol. The maximum Gasteiger partial charge on any atom is 0.251 e. The van der Waals surface area contributed by atoms with Gasteiger partial charge in [0.15, 0.2) is 0 Å². The number of nitrogens with one attached hydrogen (secondary N) is 2. The second-order valence-corrected chi connectivity index (χ2v) is 8.83. The maximum absolute atomic E-state index is 12.5. The number of rotatable bonds is 6. The molecule has 0 aliphatic heterocycles. The summed E-state index contributed by atoms with van der Waals surface area (Å²) in [7, 11) is 2.04. The van der Waals surface area contributed by atoms with Gasteiger partial charge < -0.3 is 10.2 Å². The van der Waals surface area contributed by atoms with Crippen molar-refractivity contribution in [2.75, 3.05) is 27.7 Å². The summed E-state index contributed by atoms with van der Waals surface area (Å²) >= 11 is 0. The van der Waals surface area contributed by atoms with Gasteiger partial charge in [0.2, 0.25) is 10.0 Å². The fraction of sp³-hybridized carbons (Fsp3) is 0.611. The zero-order valence-corrected chi connectivity index (χ0v) is 16.2. The summed E-state index contributed by atoms with van der Waals surface area (Å²) in [6.07, 6.45) is 7.05. The molecule has 1 aromatic carbocycles. The molecule has 0 radical (unpaired) electrons. The lowest BCUT2D eigenvalue weighted by Gasteiger charge is -2.39. The average Bonchev–Trinajstić information content (AvgIpc) is 2.86. The molecule has 1 fully saturated rings. The van der Waals surface area contributed by atoms with Crippen LogP contribution in [-0.4, -0.2) is 52.5 Å². The van der Waals surface area contributed by atoms with Crippen molar-refractivity contribution in [3.63, 3.8) is 0 Å². The number of carbonyl (C=O) groups is 1. The fourth-order valence-corrected chi connectivity index (χ4v) is 4.15. The highest BCUT2D eigenvalue weighted by atomic mass is 32.2. The molecule has 0 unspecified atom stereocenters. The molecule has 6 nitrogen and oxygen atoms in total. The molecular formula is C18H29N3O3S. The third-order valence-corrected chi connectivity index (χ3v) is 6.69. The lowest BCUT2D eigenvalue weighted by Crippen LogP contribution is -2.52. The summed E-state index contributed by atoms with van der Waals surface area (Å²) in [6.45, 7) is 0.607. The second-order valence-electron chi connectivity index (χ2n) is 6.95. The Balaban J connectivity index is 2.06. The first kappa shape index (κ1) is 19.9. The van der Waals surface area contributed by atoms with Crippen molar-refractivity contribution in [2.45, 2.75) is 49.0 Å². The van der Waals surface area contributed by atoms with E-state index in [2.05, 4.69) is 29.0 Å². The van der Waals surface area contributed by atoms with E-state index in [4.69, 9.17) is 0 Å². The van der Waals surface area contributed by atoms with Crippen LogP contribution in [0.25, 0.3) is 0 Å². The van der Waals surface area contributed by atoms with Gasteiger partial charge in [-0.2, -0.15) is 0 Å². The van der Waals surface area contributed by atoms with Crippen LogP contribution >= 0.6 is 0 Å². The minimum atomic E-state index is -3.48. The number of amides is 1. The Labute approximate surface area is 151 Å². The van der Waals surface area contributed by atoms with Crippen LogP contribution in [-0.2, 0) is 10.0 Å². The quantitative estimate of drug-likeness (QED) is 0.754. The molecule has 0 heterocycles. The van der Waals surface area contributed by atoms with Crippen molar-refractivity contribution in [1.82, 2.24) is 14.9 Å². The number of carbonyl (C=O) groups excluding carboxylic acids is 1. The number of sulfonamides is 1. The lowest BCUT2D eigenvalue weighted by atomic mass is 9.88. The maximum atomic E-state index is 12.5. The van der Waals surface area contributed by atoms with Gasteiger partial charge in [0.25, 0.3) is 5.91 Å². The summed E-state index contributed by atoms with van der Waals surface area (Å²) < 4.78 is 25.8. The molecule has 2 N–H and O–H groups in total. The van der Waals surface area contributed by atoms with Crippen LogP contribution in [0.1, 0.15) is 48.9 Å². The number of benzene rings is 1. The van der Waals surface area contributed by atoms with Gasteiger partial charge in [-0.25, -0.2) is 13.1 Å². The molecule has 0 aromatic heterocycles. The minimum absolute atomic E-state index is 0.00156. The van der Waals surface area contributed by atoms with Crippen LogP contribution in [0, 0.1) is 0 Å². The van der Waals surface area contributed by atoms with E-state index in [1.165, 1.54) is 44.9 Å². The summed E-state index contributed by atoms with van der Waals surface area (Å²) in [6, 6.07) is 6.01. The summed E-state index contributed by atoms with van der Waals surface area (Å²) in [4.78, 5) is 14.9. The molecule has 25 heavy (non-hydrogen) atoms. The van der Waals surface area contributed by atoms with Crippen molar-refractivity contribution < 1.29 is 13.2 Å². The van der Waals surface area contributed by atoms with Crippen LogP contribution < -0.4 is 10.0 Å². The number of hydrogen-bond acceptors (Lipinski definition) is 4. The SMILES string of the molecule is CNS(=O)(=O)c1ccc(C(=O)NCC2(N(C)C)CCCCCC2)cc1. The Bertz CT molecular complexity index is 676. The summed E-state index contributed by atoms with van der Waals surface area (Å²) in [5.74, 6) is -0.168. The molecule has 0 spiro atoms. The van der Waals surface area contributed by atoms with Crippen molar-refractivity contribution in [3.8, 4) is 0 Å². The Kier molecular flexibility index (Phi) is 6.59. The Morgan fingerprint density at radius 1 is 1.08 bits per heavy atom. The third kappa shape index (κ3) is 4.80. The molecule has 1 saturated carbocycles. The second kappa shape index (κ2) is 8.29. The molecule has 1 amide bonds. The highest BCUT2D eigenvalue weighted by molar-refractivity contribution is 7.89. The standard InChI is InChI=1S/C18H29N3O3S/c1-19-25(23,24)16-10-8-15(9-11-16)17(22)20-14-18(21(2)3)12-6-4-5-7-13-18/h8-11,19H,4-7,12-14H2,1-3H3,(H,20,22). The molecule has 0 saturated heterocycles. The van der Waals surface area contributed by atoms with Crippen molar-refractivity contribution >= 4 is 15.9 Å². The largest absolute Gasteiger partial charge is 0.350 e. The van der Waals surface area contributed by atoms with Crippen LogP contribution in [0.4, 0.5) is 0 Å². The van der Waals surface area contributed by atoms with Crippen molar-refractivity contribution in [1.29, 1.82) is 0 Å². The molecule has 7 heteroatoms. The van der Waals surface area contributed by atoms with Gasteiger partial charge >= 0.3 is 0 Å². The van der Waals surface area contributed by atoms with E-state index in [1.54, 1.807) is 12.1 Å². The Morgan fingerprint density at radius 3 is 2.12 bits per heavy atom. The zero-order chi connectivity index (χ0) is 18.5. The van der Waals surface area contributed by atoms with E-state index in [1.807, 2.05) is 0 Å². The van der Waals surface area contributed by atoms with Gasteiger partial charge in [-0.3, -0.25) is 4.79 Å². The van der Waals surface area contributed by atoms with E-state index in [9.17, 15) is 13.2 Å². The summed E-state index contributed by atoms with van der Waals surface area (Å²) in [5, 5.41) is 3.05. The van der Waals surface area contributed by atoms with Gasteiger partial charge in [-0.1, -0.05) is 25.7 Å². The average molecular weight is 368 g/mol. The molecule has 1 aliphatic rings. The Hall–Kier alpha value is -1.44. The highest BCUT2D eigenvalue weighted by Crippen LogP contribution is 2.30. The topological polar surface area (TPSA) is 78.5 Å². The van der Waals surface area contributed by atoms with E-state index >= 15 is 0 Å². The van der Waals surface area contributed by atoms with Gasteiger partial charge in [0, 0.05) is 17.6 Å². The smallest absolute Gasteiger partial charge is 0.251 e. The van der Waals surface area contributed by atoms with Crippen LogP contribution in [0.3, 0.4) is 0 Å². The predicted octanol–water partition coefficient (Wildman–Crippen LogP) is 1.98. The fourth-order valence-electron chi connectivity index (χ4n) is 3.42. The first-order valence-electron chi connectivity index (χ1n) is 8.80. The van der Waals surface area contributed by atoms with E-state index in [0.717, 1.165) is 12.8 Å². The molecule has 0 bridgehead atoms. The third-order valence-electron chi connectivity index (χ3n) is 5.26. The summed E-state index contributed by atoms with van der Waals surface area (Å²) in [5.41, 5.74) is 0.472. The predicted molar refractivity (Wildman–Crippen MR) is 99.1 cm³/mol. The minimum Gasteiger partial charge on any atom is -0.350 e. The van der Waals surface area contributed by atoms with Gasteiger partial charge in [-0.15, -0.1) is 0 Å². The monoisotopic (exact) mass is 367 g/mol. The van der Waals surface area contributed by atoms with E-state index in [-0.39, 0.29) is 16.3 Å². The molecule has 140 valence electrons. The first-order valence-corrected chi connectivity index (χ1v) is 10.3. The lowest BCUT2D eigenvalue weighted by molar-refractivity contribution is 0.0869. The van der Waals surface area contributed by atoms with Crippen molar-refractivity contribution in [3.05, 3.63) is 29.8 Å². The van der Waals surface area contributed by atoms with Crippen LogP contribution in [0.15, 0.2) is 29.2 Å². The van der Waals surface area contributed by atoms with Crippen LogP contribution in [0.5, 0.6) is 0 Å². The van der Waals surface area contributed by atoms with Crippen molar-refractivity contribution in [2.24, 2.45) is 0 Å². The molecule has 1 aliphatic carbocycles.